The summed E-state index contributed by atoms with van der Waals surface area (Å²) >= 11 is 0. The van der Waals surface area contributed by atoms with Crippen LogP contribution in [0.5, 0.6) is 0 Å². The molecule has 7 heteroatoms. The summed E-state index contributed by atoms with van der Waals surface area (Å²) in [6, 6.07) is 24.4. The Balaban J connectivity index is 1.37. The van der Waals surface area contributed by atoms with Gasteiger partial charge in [0.25, 0.3) is 0 Å². The molecule has 0 N–H and O–H groups in total. The van der Waals surface area contributed by atoms with Gasteiger partial charge in [-0.15, -0.1) is 0 Å². The zero-order valence-corrected chi connectivity index (χ0v) is 18.4. The van der Waals surface area contributed by atoms with Crippen molar-refractivity contribution < 1.29 is 28.2 Å². The van der Waals surface area contributed by atoms with Crippen LogP contribution in [0.2, 0.25) is 0 Å². The van der Waals surface area contributed by atoms with Crippen LogP contribution in [0, 0.1) is 5.82 Å². The number of benzene rings is 3. The number of rotatable bonds is 5. The van der Waals surface area contributed by atoms with Crippen molar-refractivity contribution in [3.63, 3.8) is 0 Å². The quantitative estimate of drug-likeness (QED) is 0.503. The first-order valence-electron chi connectivity index (χ1n) is 11.2. The molecule has 174 valence electrons. The van der Waals surface area contributed by atoms with Gasteiger partial charge in [-0.05, 0) is 23.3 Å². The van der Waals surface area contributed by atoms with Crippen molar-refractivity contribution in [1.82, 2.24) is 4.90 Å². The van der Waals surface area contributed by atoms with Crippen LogP contribution in [0.3, 0.4) is 0 Å². The summed E-state index contributed by atoms with van der Waals surface area (Å²) in [6.45, 7) is 0.119. The van der Waals surface area contributed by atoms with E-state index in [9.17, 15) is 14.0 Å². The maximum Gasteiger partial charge on any atom is 0.417 e. The van der Waals surface area contributed by atoms with E-state index in [2.05, 4.69) is 0 Å². The molecule has 2 heterocycles. The first kappa shape index (κ1) is 22.3. The van der Waals surface area contributed by atoms with E-state index >= 15 is 0 Å². The van der Waals surface area contributed by atoms with E-state index in [1.165, 1.54) is 17.0 Å². The van der Waals surface area contributed by atoms with Crippen LogP contribution >= 0.6 is 0 Å². The minimum Gasteiger partial charge on any atom is -0.446 e. The molecule has 0 aliphatic carbocycles. The Labute approximate surface area is 196 Å². The molecule has 6 nitrogen and oxygen atoms in total. The van der Waals surface area contributed by atoms with Crippen molar-refractivity contribution in [3.05, 3.63) is 107 Å². The lowest BCUT2D eigenvalue weighted by Crippen LogP contribution is -2.39. The average Bonchev–Trinajstić information content (AvgIpc) is 3.27. The summed E-state index contributed by atoms with van der Waals surface area (Å²) in [5.74, 6) is -0.699. The highest BCUT2D eigenvalue weighted by Gasteiger charge is 2.41. The molecule has 0 saturated carbocycles. The van der Waals surface area contributed by atoms with Gasteiger partial charge >= 0.3 is 6.09 Å². The zero-order chi connectivity index (χ0) is 23.5. The Morgan fingerprint density at radius 2 is 1.50 bits per heavy atom. The van der Waals surface area contributed by atoms with Crippen LogP contribution in [-0.2, 0) is 19.0 Å². The van der Waals surface area contributed by atoms with Gasteiger partial charge in [0.1, 0.15) is 18.5 Å². The van der Waals surface area contributed by atoms with Crippen molar-refractivity contribution in [2.75, 3.05) is 6.61 Å². The number of halogens is 1. The molecule has 5 rings (SSSR count). The number of carbonyl (C=O) groups excluding carboxylic acids is 2. The van der Waals surface area contributed by atoms with E-state index in [1.54, 1.807) is 12.1 Å². The smallest absolute Gasteiger partial charge is 0.417 e. The standard InChI is InChI=1S/C27H24FNO5/c28-21-13-11-19(12-14-21)24-15-22(33-26(34-24)20-9-5-2-6-10-20)16-25(30)29-23(17-32-27(29)31)18-7-3-1-4-8-18/h1-14,22-24,26H,15-17H2/t22-,23-,24+,26?/m1/s1. The van der Waals surface area contributed by atoms with Crippen molar-refractivity contribution >= 4 is 12.0 Å². The number of nitrogens with zero attached hydrogens (tertiary/aromatic N) is 1. The average molecular weight is 461 g/mol. The molecule has 2 aliphatic heterocycles. The van der Waals surface area contributed by atoms with E-state index < -0.39 is 30.6 Å². The normalized spacial score (nSPS) is 24.6. The van der Waals surface area contributed by atoms with Crippen LogP contribution in [0.25, 0.3) is 0 Å². The number of ether oxygens (including phenoxy) is 3. The maximum atomic E-state index is 13.5. The molecule has 3 aromatic carbocycles. The number of hydrogen-bond donors (Lipinski definition) is 0. The first-order chi connectivity index (χ1) is 16.6. The van der Waals surface area contributed by atoms with Gasteiger partial charge in [-0.3, -0.25) is 4.79 Å². The summed E-state index contributed by atoms with van der Waals surface area (Å²) in [6.07, 6.45) is -1.87. The molecule has 2 saturated heterocycles. The van der Waals surface area contributed by atoms with E-state index in [1.807, 2.05) is 60.7 Å². The second-order valence-corrected chi connectivity index (χ2v) is 8.38. The first-order valence-corrected chi connectivity index (χ1v) is 11.2. The molecular formula is C27H24FNO5. The Hall–Kier alpha value is -3.55. The molecule has 0 bridgehead atoms. The molecule has 1 unspecified atom stereocenters. The van der Waals surface area contributed by atoms with Gasteiger partial charge < -0.3 is 14.2 Å². The maximum absolute atomic E-state index is 13.5. The number of cyclic esters (lactones) is 1. The lowest BCUT2D eigenvalue weighted by atomic mass is 9.98. The molecule has 2 amide bonds. The molecule has 0 radical (unpaired) electrons. The minimum atomic E-state index is -0.696. The van der Waals surface area contributed by atoms with E-state index in [-0.39, 0.29) is 24.8 Å². The van der Waals surface area contributed by atoms with E-state index in [4.69, 9.17) is 14.2 Å². The largest absolute Gasteiger partial charge is 0.446 e. The van der Waals surface area contributed by atoms with Gasteiger partial charge in [-0.1, -0.05) is 72.8 Å². The van der Waals surface area contributed by atoms with Crippen molar-refractivity contribution in [2.24, 2.45) is 0 Å². The van der Waals surface area contributed by atoms with Gasteiger partial charge in [-0.25, -0.2) is 14.1 Å². The lowest BCUT2D eigenvalue weighted by molar-refractivity contribution is -0.251. The van der Waals surface area contributed by atoms with Gasteiger partial charge in [0.2, 0.25) is 5.91 Å². The zero-order valence-electron chi connectivity index (χ0n) is 18.4. The lowest BCUT2D eigenvalue weighted by Gasteiger charge is -2.36. The van der Waals surface area contributed by atoms with Gasteiger partial charge in [0.15, 0.2) is 6.29 Å². The van der Waals surface area contributed by atoms with Gasteiger partial charge in [-0.2, -0.15) is 0 Å². The Morgan fingerprint density at radius 3 is 2.18 bits per heavy atom. The monoisotopic (exact) mass is 461 g/mol. The summed E-state index contributed by atoms with van der Waals surface area (Å²) in [7, 11) is 0. The number of amides is 2. The van der Waals surface area contributed by atoms with Crippen molar-refractivity contribution in [2.45, 2.75) is 37.4 Å². The predicted molar refractivity (Wildman–Crippen MR) is 121 cm³/mol. The number of carbonyl (C=O) groups is 2. The Bertz CT molecular complexity index is 1140. The van der Waals surface area contributed by atoms with Crippen molar-refractivity contribution in [3.8, 4) is 0 Å². The van der Waals surface area contributed by atoms with Crippen LogP contribution < -0.4 is 0 Å². The highest BCUT2D eigenvalue weighted by Crippen LogP contribution is 2.39. The molecule has 34 heavy (non-hydrogen) atoms. The van der Waals surface area contributed by atoms with Crippen LogP contribution in [0.4, 0.5) is 9.18 Å². The van der Waals surface area contributed by atoms with Crippen molar-refractivity contribution in [1.29, 1.82) is 0 Å². The second kappa shape index (κ2) is 9.75. The molecule has 4 atom stereocenters. The highest BCUT2D eigenvalue weighted by atomic mass is 19.1. The summed E-state index contributed by atoms with van der Waals surface area (Å²) in [5.41, 5.74) is 2.45. The Morgan fingerprint density at radius 1 is 0.853 bits per heavy atom. The topological polar surface area (TPSA) is 65.1 Å². The Kier molecular flexibility index (Phi) is 6.38. The van der Waals surface area contributed by atoms with Gasteiger partial charge in [0.05, 0.1) is 18.6 Å². The summed E-state index contributed by atoms with van der Waals surface area (Å²) in [4.78, 5) is 26.9. The fraction of sp³-hybridized carbons (Fsp3) is 0.259. The molecule has 2 fully saturated rings. The second-order valence-electron chi connectivity index (χ2n) is 8.38. The van der Waals surface area contributed by atoms with E-state index in [0.29, 0.717) is 6.42 Å². The minimum absolute atomic E-state index is 0.0111. The summed E-state index contributed by atoms with van der Waals surface area (Å²) < 4.78 is 31.0. The van der Waals surface area contributed by atoms with E-state index in [0.717, 1.165) is 16.7 Å². The molecule has 0 aromatic heterocycles. The third-order valence-electron chi connectivity index (χ3n) is 6.12. The SMILES string of the molecule is O=C(C[C@H]1C[C@@H](c2ccc(F)cc2)OC(c2ccccc2)O1)N1C(=O)OC[C@@H]1c1ccccc1. The third kappa shape index (κ3) is 4.71. The molecular weight excluding hydrogens is 437 g/mol. The molecule has 0 spiro atoms. The van der Waals surface area contributed by atoms with Gasteiger partial charge in [0, 0.05) is 12.0 Å². The highest BCUT2D eigenvalue weighted by molar-refractivity contribution is 5.94. The predicted octanol–water partition coefficient (Wildman–Crippen LogP) is 5.48. The number of imide groups is 1. The summed E-state index contributed by atoms with van der Waals surface area (Å²) in [5, 5.41) is 0. The van der Waals surface area contributed by atoms with Crippen LogP contribution in [-0.4, -0.2) is 29.6 Å². The molecule has 3 aromatic rings. The molecule has 2 aliphatic rings. The third-order valence-corrected chi connectivity index (χ3v) is 6.12. The fourth-order valence-electron chi connectivity index (χ4n) is 4.41. The van der Waals surface area contributed by atoms with Crippen LogP contribution in [0.15, 0.2) is 84.9 Å². The fourth-order valence-corrected chi connectivity index (χ4v) is 4.41. The number of hydrogen-bond acceptors (Lipinski definition) is 5. The van der Waals surface area contributed by atoms with Crippen LogP contribution in [0.1, 0.15) is 48.0 Å².